The first-order valence-corrected chi connectivity index (χ1v) is 10.9. The van der Waals surface area contributed by atoms with Gasteiger partial charge in [-0.1, -0.05) is 26.0 Å². The number of hydrogen-bond acceptors (Lipinski definition) is 3. The molecule has 2 aliphatic carbocycles. The highest BCUT2D eigenvalue weighted by Crippen LogP contribution is 2.60. The average molecular weight is 404 g/mol. The van der Waals surface area contributed by atoms with Crippen LogP contribution in [-0.2, 0) is 10.2 Å². The van der Waals surface area contributed by atoms with Gasteiger partial charge in [-0.3, -0.25) is 4.79 Å². The molecule has 1 heterocycles. The second-order valence-corrected chi connectivity index (χ2v) is 10.6. The van der Waals surface area contributed by atoms with Crippen LogP contribution >= 0.6 is 0 Å². The third kappa shape index (κ3) is 3.31. The van der Waals surface area contributed by atoms with E-state index in [0.717, 1.165) is 24.8 Å². The molecule has 0 aromatic heterocycles. The van der Waals surface area contributed by atoms with E-state index >= 15 is 0 Å². The molecule has 2 bridgehead atoms. The number of rotatable bonds is 3. The fourth-order valence-corrected chi connectivity index (χ4v) is 6.56. The van der Waals surface area contributed by atoms with Gasteiger partial charge in [-0.05, 0) is 74.5 Å². The van der Waals surface area contributed by atoms with Crippen molar-refractivity contribution in [1.82, 2.24) is 4.90 Å². The van der Waals surface area contributed by atoms with Crippen molar-refractivity contribution in [1.29, 1.82) is 0 Å². The standard InChI is InChI=1S/C24H34FNO3/c1-15-9-19-11-18(23(15,4)29)10-16(2)24(19,17-5-7-20(25)8-6-17)12-21(27)26-13-22(3,28)14-26/h5-8,15-16,18-19,28-29H,9-14H2,1-4H3. The van der Waals surface area contributed by atoms with E-state index in [9.17, 15) is 19.4 Å². The van der Waals surface area contributed by atoms with Gasteiger partial charge in [0.05, 0.1) is 24.3 Å². The topological polar surface area (TPSA) is 60.8 Å². The van der Waals surface area contributed by atoms with Gasteiger partial charge in [0.1, 0.15) is 5.82 Å². The summed E-state index contributed by atoms with van der Waals surface area (Å²) in [6.07, 6.45) is 2.98. The quantitative estimate of drug-likeness (QED) is 0.812. The summed E-state index contributed by atoms with van der Waals surface area (Å²) in [6.45, 7) is 8.76. The van der Waals surface area contributed by atoms with Crippen LogP contribution in [0.2, 0.25) is 0 Å². The van der Waals surface area contributed by atoms with E-state index in [0.29, 0.717) is 19.5 Å². The number of halogens is 1. The molecular formula is C24H34FNO3. The van der Waals surface area contributed by atoms with E-state index in [1.165, 1.54) is 12.1 Å². The molecule has 4 nitrogen and oxygen atoms in total. The van der Waals surface area contributed by atoms with Gasteiger partial charge in [-0.25, -0.2) is 4.39 Å². The van der Waals surface area contributed by atoms with E-state index in [2.05, 4.69) is 13.8 Å². The van der Waals surface area contributed by atoms with Gasteiger partial charge >= 0.3 is 0 Å². The van der Waals surface area contributed by atoms with E-state index < -0.39 is 11.2 Å². The molecule has 3 aliphatic rings. The van der Waals surface area contributed by atoms with Crippen LogP contribution in [0.5, 0.6) is 0 Å². The second-order valence-electron chi connectivity index (χ2n) is 10.6. The largest absolute Gasteiger partial charge is 0.390 e. The van der Waals surface area contributed by atoms with Gasteiger partial charge < -0.3 is 15.1 Å². The maximum Gasteiger partial charge on any atom is 0.223 e. The minimum atomic E-state index is -0.792. The molecule has 0 spiro atoms. The lowest BCUT2D eigenvalue weighted by molar-refractivity contribution is -0.162. The van der Waals surface area contributed by atoms with E-state index in [-0.39, 0.29) is 40.8 Å². The first-order valence-electron chi connectivity index (χ1n) is 10.9. The van der Waals surface area contributed by atoms with Crippen LogP contribution in [0.25, 0.3) is 0 Å². The molecule has 1 aromatic carbocycles. The molecule has 29 heavy (non-hydrogen) atoms. The lowest BCUT2D eigenvalue weighted by atomic mass is 9.46. The number of carbonyl (C=O) groups is 1. The second kappa shape index (κ2) is 6.78. The predicted molar refractivity (Wildman–Crippen MR) is 110 cm³/mol. The molecule has 6 atom stereocenters. The molecule has 2 N–H and O–H groups in total. The first kappa shape index (κ1) is 20.8. The molecule has 160 valence electrons. The Bertz CT molecular complexity index is 778. The van der Waals surface area contributed by atoms with Gasteiger partial charge in [0.25, 0.3) is 0 Å². The van der Waals surface area contributed by atoms with E-state index in [4.69, 9.17) is 0 Å². The molecule has 5 heteroatoms. The van der Waals surface area contributed by atoms with Crippen LogP contribution in [0.15, 0.2) is 24.3 Å². The van der Waals surface area contributed by atoms with Crippen LogP contribution < -0.4 is 0 Å². The molecule has 6 unspecified atom stereocenters. The summed E-state index contributed by atoms with van der Waals surface area (Å²) in [6, 6.07) is 6.70. The smallest absolute Gasteiger partial charge is 0.223 e. The van der Waals surface area contributed by atoms with Crippen molar-refractivity contribution in [3.05, 3.63) is 35.6 Å². The Hall–Kier alpha value is -1.46. The van der Waals surface area contributed by atoms with Crippen molar-refractivity contribution in [2.24, 2.45) is 23.7 Å². The average Bonchev–Trinajstić information content (AvgIpc) is 2.61. The first-order chi connectivity index (χ1) is 13.5. The number of carbonyl (C=O) groups excluding carboxylic acids is 1. The zero-order valence-electron chi connectivity index (χ0n) is 18.0. The highest BCUT2D eigenvalue weighted by atomic mass is 19.1. The minimum absolute atomic E-state index is 0.0659. The number of benzene rings is 1. The third-order valence-corrected chi connectivity index (χ3v) is 8.52. The Morgan fingerprint density at radius 1 is 1.03 bits per heavy atom. The van der Waals surface area contributed by atoms with Gasteiger partial charge in [0.15, 0.2) is 0 Å². The summed E-state index contributed by atoms with van der Waals surface area (Å²) >= 11 is 0. The van der Waals surface area contributed by atoms with Crippen LogP contribution in [-0.4, -0.2) is 45.3 Å². The highest BCUT2D eigenvalue weighted by molar-refractivity contribution is 5.79. The van der Waals surface area contributed by atoms with E-state index in [1.54, 1.807) is 11.8 Å². The monoisotopic (exact) mass is 403 g/mol. The number of amides is 1. The maximum absolute atomic E-state index is 13.7. The van der Waals surface area contributed by atoms with Gasteiger partial charge in [0.2, 0.25) is 5.91 Å². The molecule has 4 rings (SSSR count). The van der Waals surface area contributed by atoms with Gasteiger partial charge in [-0.2, -0.15) is 0 Å². The van der Waals surface area contributed by atoms with Crippen LogP contribution in [0.1, 0.15) is 58.9 Å². The molecule has 1 aliphatic heterocycles. The van der Waals surface area contributed by atoms with Gasteiger partial charge in [-0.15, -0.1) is 0 Å². The molecule has 1 aromatic rings. The number of hydrogen-bond donors (Lipinski definition) is 2. The SMILES string of the molecule is CC1CC2CC(CC(C)C2(CC(=O)N2CC(C)(O)C2)c2ccc(F)cc2)C1(C)O. The number of likely N-dealkylation sites (tertiary alicyclic amines) is 1. The van der Waals surface area contributed by atoms with Gasteiger partial charge in [0, 0.05) is 11.8 Å². The molecule has 1 saturated heterocycles. The zero-order valence-corrected chi connectivity index (χ0v) is 18.0. The zero-order chi connectivity index (χ0) is 21.2. The summed E-state index contributed by atoms with van der Waals surface area (Å²) < 4.78 is 13.7. The number of β-amino-alcohol motifs (C(OH)–C–C–N with tert-alkyl or cyclic N) is 1. The molecule has 2 saturated carbocycles. The molecule has 0 radical (unpaired) electrons. The van der Waals surface area contributed by atoms with Crippen LogP contribution in [0.3, 0.4) is 0 Å². The lowest BCUT2D eigenvalue weighted by Crippen LogP contribution is -2.64. The van der Waals surface area contributed by atoms with Crippen molar-refractivity contribution in [3.63, 3.8) is 0 Å². The minimum Gasteiger partial charge on any atom is -0.390 e. The Kier molecular flexibility index (Phi) is 4.86. The summed E-state index contributed by atoms with van der Waals surface area (Å²) in [7, 11) is 0. The van der Waals surface area contributed by atoms with Crippen LogP contribution in [0, 0.1) is 29.5 Å². The molecular weight excluding hydrogens is 369 g/mol. The Balaban J connectivity index is 1.71. The summed E-state index contributed by atoms with van der Waals surface area (Å²) in [5.74, 6) is 0.633. The maximum atomic E-state index is 13.7. The third-order valence-electron chi connectivity index (χ3n) is 8.52. The highest BCUT2D eigenvalue weighted by Gasteiger charge is 2.58. The summed E-state index contributed by atoms with van der Waals surface area (Å²) in [5.41, 5.74) is -0.808. The Morgan fingerprint density at radius 2 is 1.62 bits per heavy atom. The normalized spacial score (nSPS) is 41.0. The Morgan fingerprint density at radius 3 is 2.21 bits per heavy atom. The van der Waals surface area contributed by atoms with Crippen molar-refractivity contribution < 1.29 is 19.4 Å². The van der Waals surface area contributed by atoms with Crippen molar-refractivity contribution >= 4 is 5.91 Å². The van der Waals surface area contributed by atoms with Crippen LogP contribution in [0.4, 0.5) is 4.39 Å². The molecule has 1 amide bonds. The van der Waals surface area contributed by atoms with Crippen molar-refractivity contribution in [2.45, 2.75) is 70.0 Å². The number of aliphatic hydroxyl groups is 2. The fraction of sp³-hybridized carbons (Fsp3) is 0.708. The molecule has 3 fully saturated rings. The van der Waals surface area contributed by atoms with Crippen molar-refractivity contribution in [3.8, 4) is 0 Å². The predicted octanol–water partition coefficient (Wildman–Crippen LogP) is 3.50. The summed E-state index contributed by atoms with van der Waals surface area (Å²) in [5, 5.41) is 21.1. The fourth-order valence-electron chi connectivity index (χ4n) is 6.56. The van der Waals surface area contributed by atoms with Crippen molar-refractivity contribution in [2.75, 3.05) is 13.1 Å². The Labute approximate surface area is 173 Å². The lowest BCUT2D eigenvalue weighted by Gasteiger charge is -2.60. The number of nitrogens with zero attached hydrogens (tertiary/aromatic N) is 1. The number of fused-ring (bicyclic) bond motifs is 2. The van der Waals surface area contributed by atoms with E-state index in [1.807, 2.05) is 19.1 Å². The summed E-state index contributed by atoms with van der Waals surface area (Å²) in [4.78, 5) is 15.0.